The second-order valence-electron chi connectivity index (χ2n) is 3.85. The predicted molar refractivity (Wildman–Crippen MR) is 65.3 cm³/mol. The summed E-state index contributed by atoms with van der Waals surface area (Å²) in [6.45, 7) is 5.81. The molecule has 0 aliphatic carbocycles. The van der Waals surface area contributed by atoms with Gasteiger partial charge in [-0.1, -0.05) is 35.9 Å². The molecule has 3 N–H and O–H groups in total. The van der Waals surface area contributed by atoms with E-state index in [1.54, 1.807) is 0 Å². The summed E-state index contributed by atoms with van der Waals surface area (Å²) >= 11 is 0. The van der Waals surface area contributed by atoms with E-state index in [4.69, 9.17) is 5.84 Å². The zero-order chi connectivity index (χ0) is 11.1. The van der Waals surface area contributed by atoms with Gasteiger partial charge in [0.05, 0.1) is 0 Å². The van der Waals surface area contributed by atoms with Crippen LogP contribution >= 0.6 is 0 Å². The van der Waals surface area contributed by atoms with Crippen molar-refractivity contribution in [1.29, 1.82) is 0 Å². The van der Waals surface area contributed by atoms with Crippen LogP contribution in [0.25, 0.3) is 0 Å². The summed E-state index contributed by atoms with van der Waals surface area (Å²) in [4.78, 5) is 0. The Labute approximate surface area is 92.2 Å². The van der Waals surface area contributed by atoms with Gasteiger partial charge in [-0.25, -0.2) is 0 Å². The molecule has 82 valence electrons. The van der Waals surface area contributed by atoms with Gasteiger partial charge in [-0.3, -0.25) is 11.3 Å². The Morgan fingerprint density at radius 2 is 2.07 bits per heavy atom. The maximum Gasteiger partial charge on any atom is 0.0460 e. The minimum atomic E-state index is 0.255. The molecule has 0 amide bonds. The minimum absolute atomic E-state index is 0.255. The summed E-state index contributed by atoms with van der Waals surface area (Å²) in [7, 11) is 0. The standard InChI is InChI=1S/C13H20N2/c1-3-4-5-6-13(15-14)12-9-7-11(2)8-10-12/h3,7-10,13,15H,1,4-6,14H2,2H3. The highest BCUT2D eigenvalue weighted by molar-refractivity contribution is 5.23. The van der Waals surface area contributed by atoms with E-state index in [0.29, 0.717) is 0 Å². The van der Waals surface area contributed by atoms with Crippen LogP contribution in [0.15, 0.2) is 36.9 Å². The van der Waals surface area contributed by atoms with Crippen molar-refractivity contribution in [3.05, 3.63) is 48.0 Å². The molecule has 1 aromatic rings. The maximum atomic E-state index is 5.55. The molecule has 0 bridgehead atoms. The molecule has 0 spiro atoms. The number of nitrogens with one attached hydrogen (secondary N) is 1. The van der Waals surface area contributed by atoms with Gasteiger partial charge in [-0.05, 0) is 31.7 Å². The molecule has 15 heavy (non-hydrogen) atoms. The van der Waals surface area contributed by atoms with Gasteiger partial charge in [0.1, 0.15) is 0 Å². The molecule has 0 aliphatic heterocycles. The number of unbranched alkanes of at least 4 members (excludes halogenated alkanes) is 1. The van der Waals surface area contributed by atoms with E-state index in [2.05, 4.69) is 43.2 Å². The Morgan fingerprint density at radius 3 is 2.60 bits per heavy atom. The zero-order valence-electron chi connectivity index (χ0n) is 9.37. The van der Waals surface area contributed by atoms with Crippen LogP contribution in [0.5, 0.6) is 0 Å². The number of rotatable bonds is 6. The minimum Gasteiger partial charge on any atom is -0.271 e. The van der Waals surface area contributed by atoms with Crippen LogP contribution in [-0.2, 0) is 0 Å². The van der Waals surface area contributed by atoms with E-state index in [0.717, 1.165) is 19.3 Å². The van der Waals surface area contributed by atoms with Crippen LogP contribution in [0.1, 0.15) is 36.4 Å². The van der Waals surface area contributed by atoms with Gasteiger partial charge in [-0.15, -0.1) is 6.58 Å². The summed E-state index contributed by atoms with van der Waals surface area (Å²) in [5.74, 6) is 5.55. The van der Waals surface area contributed by atoms with Crippen LogP contribution in [0.4, 0.5) is 0 Å². The Balaban J connectivity index is 2.57. The fraction of sp³-hybridized carbons (Fsp3) is 0.385. The lowest BCUT2D eigenvalue weighted by atomic mass is 10.0. The van der Waals surface area contributed by atoms with E-state index in [9.17, 15) is 0 Å². The average molecular weight is 204 g/mol. The van der Waals surface area contributed by atoms with Crippen LogP contribution in [0, 0.1) is 6.92 Å². The van der Waals surface area contributed by atoms with E-state index >= 15 is 0 Å². The SMILES string of the molecule is C=CCCCC(NN)c1ccc(C)cc1. The fourth-order valence-corrected chi connectivity index (χ4v) is 1.61. The molecule has 1 aromatic carbocycles. The van der Waals surface area contributed by atoms with Gasteiger partial charge < -0.3 is 0 Å². The Kier molecular flexibility index (Phi) is 5.08. The summed E-state index contributed by atoms with van der Waals surface area (Å²) in [5.41, 5.74) is 5.40. The Morgan fingerprint density at radius 1 is 1.40 bits per heavy atom. The number of hydrogen-bond acceptors (Lipinski definition) is 2. The van der Waals surface area contributed by atoms with Gasteiger partial charge in [0.25, 0.3) is 0 Å². The molecule has 0 aliphatic rings. The van der Waals surface area contributed by atoms with Crippen molar-refractivity contribution in [3.63, 3.8) is 0 Å². The molecule has 2 nitrogen and oxygen atoms in total. The molecule has 0 aromatic heterocycles. The molecule has 0 fully saturated rings. The zero-order valence-corrected chi connectivity index (χ0v) is 9.37. The highest BCUT2D eigenvalue weighted by atomic mass is 15.2. The van der Waals surface area contributed by atoms with E-state index in [1.165, 1.54) is 11.1 Å². The highest BCUT2D eigenvalue weighted by Gasteiger charge is 2.07. The average Bonchev–Trinajstić information content (AvgIpc) is 2.26. The van der Waals surface area contributed by atoms with E-state index in [-0.39, 0.29) is 6.04 Å². The Bertz CT molecular complexity index is 290. The van der Waals surface area contributed by atoms with Crippen molar-refractivity contribution in [1.82, 2.24) is 5.43 Å². The third kappa shape index (κ3) is 3.86. The lowest BCUT2D eigenvalue weighted by molar-refractivity contribution is 0.501. The van der Waals surface area contributed by atoms with E-state index < -0.39 is 0 Å². The lowest BCUT2D eigenvalue weighted by Gasteiger charge is -2.15. The van der Waals surface area contributed by atoms with Gasteiger partial charge in [0, 0.05) is 6.04 Å². The Hall–Kier alpha value is -1.12. The molecular weight excluding hydrogens is 184 g/mol. The highest BCUT2D eigenvalue weighted by Crippen LogP contribution is 2.18. The van der Waals surface area contributed by atoms with Crippen LogP contribution in [0.3, 0.4) is 0 Å². The third-order valence-corrected chi connectivity index (χ3v) is 2.58. The molecule has 1 rings (SSSR count). The number of hydrogen-bond donors (Lipinski definition) is 2. The topological polar surface area (TPSA) is 38.0 Å². The van der Waals surface area contributed by atoms with Crippen LogP contribution in [0.2, 0.25) is 0 Å². The smallest absolute Gasteiger partial charge is 0.0460 e. The molecule has 0 heterocycles. The van der Waals surface area contributed by atoms with Crippen molar-refractivity contribution >= 4 is 0 Å². The monoisotopic (exact) mass is 204 g/mol. The predicted octanol–water partition coefficient (Wildman–Crippen LogP) is 2.86. The lowest BCUT2D eigenvalue weighted by Crippen LogP contribution is -2.27. The summed E-state index contributed by atoms with van der Waals surface area (Å²) in [6.07, 6.45) is 5.16. The van der Waals surface area contributed by atoms with Gasteiger partial charge in [0.2, 0.25) is 0 Å². The first-order valence-electron chi connectivity index (χ1n) is 5.41. The number of allylic oxidation sites excluding steroid dienone is 1. The molecule has 1 unspecified atom stereocenters. The van der Waals surface area contributed by atoms with Crippen LogP contribution < -0.4 is 11.3 Å². The van der Waals surface area contributed by atoms with Gasteiger partial charge in [-0.2, -0.15) is 0 Å². The number of hydrazine groups is 1. The van der Waals surface area contributed by atoms with Crippen molar-refractivity contribution < 1.29 is 0 Å². The van der Waals surface area contributed by atoms with Crippen molar-refractivity contribution in [2.45, 2.75) is 32.2 Å². The normalized spacial score (nSPS) is 12.4. The first-order chi connectivity index (χ1) is 7.27. The quantitative estimate of drug-likeness (QED) is 0.323. The molecule has 1 atom stereocenters. The second-order valence-corrected chi connectivity index (χ2v) is 3.85. The van der Waals surface area contributed by atoms with Gasteiger partial charge in [0.15, 0.2) is 0 Å². The number of aryl methyl sites for hydroxylation is 1. The summed E-state index contributed by atoms with van der Waals surface area (Å²) in [5, 5.41) is 0. The molecule has 0 saturated carbocycles. The van der Waals surface area contributed by atoms with Crippen molar-refractivity contribution in [3.8, 4) is 0 Å². The van der Waals surface area contributed by atoms with Crippen LogP contribution in [-0.4, -0.2) is 0 Å². The first-order valence-corrected chi connectivity index (χ1v) is 5.41. The van der Waals surface area contributed by atoms with Crippen molar-refractivity contribution in [2.24, 2.45) is 5.84 Å². The largest absolute Gasteiger partial charge is 0.271 e. The summed E-state index contributed by atoms with van der Waals surface area (Å²) in [6, 6.07) is 8.76. The van der Waals surface area contributed by atoms with E-state index in [1.807, 2.05) is 6.08 Å². The third-order valence-electron chi connectivity index (χ3n) is 2.58. The maximum absolute atomic E-state index is 5.55. The number of nitrogens with two attached hydrogens (primary N) is 1. The number of benzene rings is 1. The molecule has 2 heteroatoms. The molecule has 0 radical (unpaired) electrons. The van der Waals surface area contributed by atoms with Gasteiger partial charge >= 0.3 is 0 Å². The first kappa shape index (κ1) is 12.0. The second kappa shape index (κ2) is 6.38. The molecular formula is C13H20N2. The van der Waals surface area contributed by atoms with Crippen molar-refractivity contribution in [2.75, 3.05) is 0 Å². The summed E-state index contributed by atoms with van der Waals surface area (Å²) < 4.78 is 0. The molecule has 0 saturated heterocycles. The fourth-order valence-electron chi connectivity index (χ4n) is 1.61.